The molecule has 0 saturated carbocycles. The van der Waals surface area contributed by atoms with Gasteiger partial charge in [0.15, 0.2) is 0 Å². The van der Waals surface area contributed by atoms with Crippen molar-refractivity contribution in [1.82, 2.24) is 9.78 Å². The van der Waals surface area contributed by atoms with E-state index in [1.54, 1.807) is 6.33 Å². The molecule has 1 aromatic heterocycles. The number of hydrogen-bond acceptors (Lipinski definition) is 5. The third-order valence-corrected chi connectivity index (χ3v) is 4.88. The zero-order valence-electron chi connectivity index (χ0n) is 13.7. The van der Waals surface area contributed by atoms with Crippen LogP contribution in [0, 0.1) is 0 Å². The van der Waals surface area contributed by atoms with Crippen LogP contribution in [0.5, 0.6) is 0 Å². The maximum absolute atomic E-state index is 4.39. The average molecular weight is 331 g/mol. The fourth-order valence-electron chi connectivity index (χ4n) is 2.59. The molecule has 1 aromatic carbocycles. The Kier molecular flexibility index (Phi) is 5.27. The molecule has 1 fully saturated rings. The van der Waals surface area contributed by atoms with E-state index >= 15 is 0 Å². The summed E-state index contributed by atoms with van der Waals surface area (Å²) in [6.45, 7) is 7.99. The second-order valence-electron chi connectivity index (χ2n) is 5.35. The second kappa shape index (κ2) is 7.59. The molecule has 0 atom stereocenters. The highest BCUT2D eigenvalue weighted by Gasteiger charge is 2.15. The van der Waals surface area contributed by atoms with Crippen LogP contribution >= 0.6 is 11.8 Å². The second-order valence-corrected chi connectivity index (χ2v) is 6.57. The molecule has 2 aromatic rings. The van der Waals surface area contributed by atoms with Crippen LogP contribution in [0.2, 0.25) is 0 Å². The van der Waals surface area contributed by atoms with Gasteiger partial charge in [0.25, 0.3) is 0 Å². The van der Waals surface area contributed by atoms with Gasteiger partial charge in [0.2, 0.25) is 6.33 Å². The predicted molar refractivity (Wildman–Crippen MR) is 93.9 cm³/mol. The van der Waals surface area contributed by atoms with Gasteiger partial charge in [-0.05, 0) is 43.2 Å². The minimum absolute atomic E-state index is 0.784. The van der Waals surface area contributed by atoms with Gasteiger partial charge in [-0.1, -0.05) is 5.11 Å². The van der Waals surface area contributed by atoms with E-state index in [1.807, 2.05) is 33.1 Å². The Morgan fingerprint density at radius 2 is 1.87 bits per heavy atom. The molecule has 0 amide bonds. The molecule has 2 heterocycles. The van der Waals surface area contributed by atoms with Crippen LogP contribution in [0.15, 0.2) is 40.8 Å². The Labute approximate surface area is 141 Å². The third-order valence-electron chi connectivity index (χ3n) is 3.94. The summed E-state index contributed by atoms with van der Waals surface area (Å²) in [6.07, 6.45) is 1.80. The van der Waals surface area contributed by atoms with Crippen LogP contribution < -0.4 is 9.47 Å². The van der Waals surface area contributed by atoms with Gasteiger partial charge in [0.05, 0.1) is 18.8 Å². The fraction of sp³-hybridized carbons (Fsp3) is 0.500. The Morgan fingerprint density at radius 3 is 2.52 bits per heavy atom. The molecule has 23 heavy (non-hydrogen) atoms. The van der Waals surface area contributed by atoms with Crippen molar-refractivity contribution < 1.29 is 4.57 Å². The van der Waals surface area contributed by atoms with Crippen molar-refractivity contribution in [1.29, 1.82) is 0 Å². The van der Waals surface area contributed by atoms with Gasteiger partial charge in [-0.2, -0.15) is 11.8 Å². The molecule has 3 rings (SSSR count). The zero-order valence-corrected chi connectivity index (χ0v) is 14.5. The molecular formula is C16H23N6S+. The summed E-state index contributed by atoms with van der Waals surface area (Å²) in [5.74, 6) is 3.20. The number of benzene rings is 1. The summed E-state index contributed by atoms with van der Waals surface area (Å²) in [5, 5.41) is 13.1. The summed E-state index contributed by atoms with van der Waals surface area (Å²) in [4.78, 5) is 2.43. The first-order valence-corrected chi connectivity index (χ1v) is 9.27. The summed E-state index contributed by atoms with van der Waals surface area (Å²) < 4.78 is 3.85. The van der Waals surface area contributed by atoms with Crippen molar-refractivity contribution in [2.75, 3.05) is 29.5 Å². The molecule has 122 valence electrons. The number of azo groups is 1. The van der Waals surface area contributed by atoms with Crippen LogP contribution in [0.3, 0.4) is 0 Å². The lowest BCUT2D eigenvalue weighted by Gasteiger charge is -2.28. The molecule has 0 aliphatic carbocycles. The van der Waals surface area contributed by atoms with E-state index in [0.29, 0.717) is 0 Å². The van der Waals surface area contributed by atoms with Crippen molar-refractivity contribution in [2.45, 2.75) is 26.9 Å². The van der Waals surface area contributed by atoms with Crippen molar-refractivity contribution in [3.8, 4) is 0 Å². The van der Waals surface area contributed by atoms with Crippen molar-refractivity contribution in [3.63, 3.8) is 0 Å². The molecule has 0 N–H and O–H groups in total. The van der Waals surface area contributed by atoms with Crippen molar-refractivity contribution in [3.05, 3.63) is 30.6 Å². The summed E-state index contributed by atoms with van der Waals surface area (Å²) >= 11 is 2.02. The summed E-state index contributed by atoms with van der Waals surface area (Å²) in [5.41, 5.74) is 2.14. The number of hydrogen-bond donors (Lipinski definition) is 0. The first-order valence-electron chi connectivity index (χ1n) is 8.11. The van der Waals surface area contributed by atoms with E-state index in [2.05, 4.69) is 46.2 Å². The highest BCUT2D eigenvalue weighted by atomic mass is 32.2. The van der Waals surface area contributed by atoms with Gasteiger partial charge in [-0.15, -0.1) is 4.68 Å². The number of thioether (sulfide) groups is 1. The average Bonchev–Trinajstić information content (AvgIpc) is 3.03. The number of nitrogens with zero attached hydrogens (tertiary/aromatic N) is 6. The van der Waals surface area contributed by atoms with Crippen LogP contribution in [0.25, 0.3) is 0 Å². The third kappa shape index (κ3) is 3.72. The van der Waals surface area contributed by atoms with Gasteiger partial charge >= 0.3 is 5.95 Å². The van der Waals surface area contributed by atoms with Crippen LogP contribution in [-0.2, 0) is 13.1 Å². The molecule has 0 unspecified atom stereocenters. The van der Waals surface area contributed by atoms with Gasteiger partial charge in [0, 0.05) is 35.4 Å². The number of rotatable bonds is 5. The van der Waals surface area contributed by atoms with E-state index < -0.39 is 0 Å². The summed E-state index contributed by atoms with van der Waals surface area (Å²) in [6, 6.07) is 8.33. The van der Waals surface area contributed by atoms with Crippen LogP contribution in [0.1, 0.15) is 13.8 Å². The SMILES string of the molecule is CCn1nc[n+](CC)c1N=Nc1ccc(N2CCSCC2)cc1. The van der Waals surface area contributed by atoms with E-state index in [0.717, 1.165) is 37.8 Å². The molecule has 1 aliphatic rings. The van der Waals surface area contributed by atoms with E-state index in [-0.39, 0.29) is 0 Å². The highest BCUT2D eigenvalue weighted by Crippen LogP contribution is 2.23. The fourth-order valence-corrected chi connectivity index (χ4v) is 3.49. The molecule has 6 nitrogen and oxygen atoms in total. The highest BCUT2D eigenvalue weighted by molar-refractivity contribution is 7.99. The minimum atomic E-state index is 0.784. The maximum atomic E-state index is 4.39. The molecule has 0 radical (unpaired) electrons. The molecule has 7 heteroatoms. The Bertz CT molecular complexity index is 636. The normalized spacial score (nSPS) is 15.5. The lowest BCUT2D eigenvalue weighted by molar-refractivity contribution is -0.681. The number of aryl methyl sites for hydroxylation is 2. The molecular weight excluding hydrogens is 308 g/mol. The topological polar surface area (TPSA) is 49.7 Å². The monoisotopic (exact) mass is 331 g/mol. The standard InChI is InChI=1S/C16H23N6S/c1-3-20-13-17-22(4-2)16(20)19-18-14-5-7-15(8-6-14)21-9-11-23-12-10-21/h5-8,13H,3-4,9-12H2,1-2H3/q+1. The molecule has 1 aliphatic heterocycles. The number of anilines is 1. The van der Waals surface area contributed by atoms with Gasteiger partial charge in [-0.25, -0.2) is 4.57 Å². The van der Waals surface area contributed by atoms with E-state index in [4.69, 9.17) is 0 Å². The first kappa shape index (κ1) is 16.0. The maximum Gasteiger partial charge on any atom is 0.403 e. The first-order chi connectivity index (χ1) is 11.3. The Hall–Kier alpha value is -1.89. The summed E-state index contributed by atoms with van der Waals surface area (Å²) in [7, 11) is 0. The lowest BCUT2D eigenvalue weighted by atomic mass is 10.2. The predicted octanol–water partition coefficient (Wildman–Crippen LogP) is 3.18. The molecule has 0 spiro atoms. The Balaban J connectivity index is 1.74. The van der Waals surface area contributed by atoms with Crippen molar-refractivity contribution >= 4 is 29.1 Å². The lowest BCUT2D eigenvalue weighted by Crippen LogP contribution is -2.32. The quantitative estimate of drug-likeness (QED) is 0.624. The zero-order chi connectivity index (χ0) is 16.1. The smallest absolute Gasteiger partial charge is 0.370 e. The Morgan fingerprint density at radius 1 is 1.13 bits per heavy atom. The van der Waals surface area contributed by atoms with E-state index in [9.17, 15) is 0 Å². The molecule has 1 saturated heterocycles. The van der Waals surface area contributed by atoms with E-state index in [1.165, 1.54) is 17.2 Å². The van der Waals surface area contributed by atoms with Crippen LogP contribution in [0.4, 0.5) is 17.3 Å². The molecule has 0 bridgehead atoms. The van der Waals surface area contributed by atoms with Gasteiger partial charge in [0.1, 0.15) is 0 Å². The minimum Gasteiger partial charge on any atom is -0.370 e. The van der Waals surface area contributed by atoms with Gasteiger partial charge < -0.3 is 4.90 Å². The van der Waals surface area contributed by atoms with Gasteiger partial charge in [-0.3, -0.25) is 0 Å². The van der Waals surface area contributed by atoms with Crippen molar-refractivity contribution in [2.24, 2.45) is 10.2 Å². The van der Waals surface area contributed by atoms with Crippen LogP contribution in [-0.4, -0.2) is 34.4 Å². The number of aromatic nitrogens is 3. The largest absolute Gasteiger partial charge is 0.403 e.